The molecule has 0 amide bonds. The van der Waals surface area contributed by atoms with Crippen LogP contribution in [-0.2, 0) is 10.0 Å². The number of rotatable bonds is 6. The van der Waals surface area contributed by atoms with Crippen LogP contribution in [0.3, 0.4) is 0 Å². The zero-order valence-corrected chi connectivity index (χ0v) is 15.4. The number of nitrogens with zero attached hydrogens (tertiary/aromatic N) is 2. The number of sulfonamides is 1. The Hall–Kier alpha value is -1.84. The summed E-state index contributed by atoms with van der Waals surface area (Å²) in [4.78, 5) is 1.87. The second kappa shape index (κ2) is 9.59. The molecule has 0 unspecified atom stereocenters. The Morgan fingerprint density at radius 2 is 1.88 bits per heavy atom. The van der Waals surface area contributed by atoms with Crippen molar-refractivity contribution in [3.8, 4) is 11.8 Å². The summed E-state index contributed by atoms with van der Waals surface area (Å²) in [5, 5.41) is 1.17. The summed E-state index contributed by atoms with van der Waals surface area (Å²) in [6.07, 6.45) is 5.53. The van der Waals surface area contributed by atoms with E-state index < -0.39 is 10.0 Å². The van der Waals surface area contributed by atoms with Gasteiger partial charge in [-0.05, 0) is 18.6 Å². The maximum atomic E-state index is 13.8. The number of hydrogen-bond acceptors (Lipinski definition) is 3. The molecule has 0 spiro atoms. The molecule has 1 aromatic rings. The number of halogens is 1. The number of anilines is 1. The second-order valence-electron chi connectivity index (χ2n) is 5.96. The Morgan fingerprint density at radius 3 is 2.56 bits per heavy atom. The van der Waals surface area contributed by atoms with E-state index in [0.29, 0.717) is 31.9 Å². The minimum absolute atomic E-state index is 0.281. The van der Waals surface area contributed by atoms with Gasteiger partial charge in [-0.1, -0.05) is 43.7 Å². The van der Waals surface area contributed by atoms with Gasteiger partial charge >= 0.3 is 0 Å². The van der Waals surface area contributed by atoms with Gasteiger partial charge in [0.15, 0.2) is 0 Å². The van der Waals surface area contributed by atoms with E-state index in [9.17, 15) is 12.8 Å². The van der Waals surface area contributed by atoms with Crippen LogP contribution in [0.15, 0.2) is 35.7 Å². The molecule has 1 aliphatic heterocycles. The van der Waals surface area contributed by atoms with E-state index in [-0.39, 0.29) is 5.82 Å². The van der Waals surface area contributed by atoms with Crippen molar-refractivity contribution in [1.82, 2.24) is 4.31 Å². The lowest BCUT2D eigenvalue weighted by molar-refractivity contribution is 0.388. The third-order valence-electron chi connectivity index (χ3n) is 4.12. The lowest BCUT2D eigenvalue weighted by atomic mass is 10.2. The van der Waals surface area contributed by atoms with Gasteiger partial charge in [0.25, 0.3) is 0 Å². The molecule has 2 rings (SSSR count). The molecule has 0 aliphatic carbocycles. The van der Waals surface area contributed by atoms with Crippen molar-refractivity contribution < 1.29 is 12.8 Å². The van der Waals surface area contributed by atoms with Gasteiger partial charge in [-0.2, -0.15) is 4.31 Å². The number of para-hydroxylation sites is 1. The fourth-order valence-electron chi connectivity index (χ4n) is 2.69. The normalized spacial score (nSPS) is 16.0. The molecule has 25 heavy (non-hydrogen) atoms. The smallest absolute Gasteiger partial charge is 0.236 e. The molecule has 0 saturated carbocycles. The van der Waals surface area contributed by atoms with Crippen molar-refractivity contribution in [1.29, 1.82) is 0 Å². The largest absolute Gasteiger partial charge is 0.367 e. The van der Waals surface area contributed by atoms with Crippen molar-refractivity contribution in [3.05, 3.63) is 41.6 Å². The molecule has 0 atom stereocenters. The number of unbranched alkanes of at least 4 members (excludes halogenated alkanes) is 3. The standard InChI is InChI=1S/C19H25FN2O2S/c1-2-3-4-5-6-7-10-17-25(23,24)22-15-13-21(14-16-22)19-12-9-8-11-18(19)20/h8-12,17H,2-5,13-16H2,1H3. The van der Waals surface area contributed by atoms with Gasteiger partial charge in [-0.15, -0.1) is 0 Å². The van der Waals surface area contributed by atoms with Crippen LogP contribution in [0.4, 0.5) is 10.1 Å². The first kappa shape index (κ1) is 19.5. The highest BCUT2D eigenvalue weighted by atomic mass is 32.2. The average molecular weight is 364 g/mol. The first-order valence-electron chi connectivity index (χ1n) is 8.69. The number of benzene rings is 1. The van der Waals surface area contributed by atoms with E-state index in [0.717, 1.165) is 25.7 Å². The molecule has 1 heterocycles. The van der Waals surface area contributed by atoms with Crippen molar-refractivity contribution in [2.24, 2.45) is 0 Å². The Labute approximate surface area is 150 Å². The van der Waals surface area contributed by atoms with Gasteiger partial charge in [-0.3, -0.25) is 0 Å². The van der Waals surface area contributed by atoms with Crippen LogP contribution in [0.2, 0.25) is 0 Å². The third-order valence-corrected chi connectivity index (χ3v) is 5.69. The van der Waals surface area contributed by atoms with Gasteiger partial charge in [0.2, 0.25) is 10.0 Å². The van der Waals surface area contributed by atoms with Crippen LogP contribution in [0.25, 0.3) is 0 Å². The molecule has 0 aromatic heterocycles. The molecular formula is C19H25FN2O2S. The Morgan fingerprint density at radius 1 is 1.16 bits per heavy atom. The molecule has 1 aliphatic rings. The molecule has 6 heteroatoms. The molecule has 0 N–H and O–H groups in total. The topological polar surface area (TPSA) is 40.6 Å². The molecule has 1 fully saturated rings. The highest BCUT2D eigenvalue weighted by molar-refractivity contribution is 7.92. The average Bonchev–Trinajstić information content (AvgIpc) is 2.61. The third kappa shape index (κ3) is 5.87. The Kier molecular flexibility index (Phi) is 7.48. The van der Waals surface area contributed by atoms with E-state index in [1.807, 2.05) is 4.90 Å². The maximum Gasteiger partial charge on any atom is 0.236 e. The first-order chi connectivity index (χ1) is 12.0. The lowest BCUT2D eigenvalue weighted by Crippen LogP contribution is -2.48. The summed E-state index contributed by atoms with van der Waals surface area (Å²) in [7, 11) is -3.47. The molecule has 0 bridgehead atoms. The van der Waals surface area contributed by atoms with E-state index >= 15 is 0 Å². The van der Waals surface area contributed by atoms with Crippen LogP contribution in [0.5, 0.6) is 0 Å². The fourth-order valence-corrected chi connectivity index (χ4v) is 3.78. The quantitative estimate of drug-likeness (QED) is 0.574. The SMILES string of the molecule is CCCCCC#CC=CS(=O)(=O)N1CCN(c2ccccc2F)CC1. The van der Waals surface area contributed by atoms with E-state index in [1.165, 1.54) is 21.9 Å². The van der Waals surface area contributed by atoms with Crippen molar-refractivity contribution in [3.63, 3.8) is 0 Å². The van der Waals surface area contributed by atoms with Gasteiger partial charge in [0.05, 0.1) is 11.1 Å². The van der Waals surface area contributed by atoms with Crippen molar-refractivity contribution in [2.75, 3.05) is 31.1 Å². The summed E-state index contributed by atoms with van der Waals surface area (Å²) < 4.78 is 39.9. The van der Waals surface area contributed by atoms with Crippen molar-refractivity contribution in [2.45, 2.75) is 32.6 Å². The summed E-state index contributed by atoms with van der Waals surface area (Å²) in [5.41, 5.74) is 0.521. The second-order valence-corrected chi connectivity index (χ2v) is 7.78. The van der Waals surface area contributed by atoms with Crippen LogP contribution < -0.4 is 4.90 Å². The zero-order chi connectivity index (χ0) is 18.1. The van der Waals surface area contributed by atoms with Gasteiger partial charge in [0, 0.05) is 38.7 Å². The highest BCUT2D eigenvalue weighted by Gasteiger charge is 2.25. The van der Waals surface area contributed by atoms with Gasteiger partial charge in [-0.25, -0.2) is 12.8 Å². The lowest BCUT2D eigenvalue weighted by Gasteiger charge is -2.34. The maximum absolute atomic E-state index is 13.8. The van der Waals surface area contributed by atoms with Crippen LogP contribution in [-0.4, -0.2) is 38.9 Å². The van der Waals surface area contributed by atoms with E-state index in [4.69, 9.17) is 0 Å². The Bertz CT molecular complexity index is 742. The molecular weight excluding hydrogens is 339 g/mol. The number of allylic oxidation sites excluding steroid dienone is 1. The van der Waals surface area contributed by atoms with Crippen molar-refractivity contribution >= 4 is 15.7 Å². The van der Waals surface area contributed by atoms with Crippen LogP contribution >= 0.6 is 0 Å². The number of hydrogen-bond donors (Lipinski definition) is 0. The summed E-state index contributed by atoms with van der Waals surface area (Å²) in [5.74, 6) is 5.47. The number of piperazine rings is 1. The van der Waals surface area contributed by atoms with Gasteiger partial charge in [0.1, 0.15) is 5.82 Å². The van der Waals surface area contributed by atoms with Gasteiger partial charge < -0.3 is 4.90 Å². The summed E-state index contributed by atoms with van der Waals surface area (Å²) >= 11 is 0. The monoisotopic (exact) mass is 364 g/mol. The predicted molar refractivity (Wildman–Crippen MR) is 100 cm³/mol. The molecule has 1 aromatic carbocycles. The van der Waals surface area contributed by atoms with Crippen LogP contribution in [0, 0.1) is 17.7 Å². The zero-order valence-electron chi connectivity index (χ0n) is 14.6. The van der Waals surface area contributed by atoms with E-state index in [2.05, 4.69) is 18.8 Å². The summed E-state index contributed by atoms with van der Waals surface area (Å²) in [6.45, 7) is 3.75. The Balaban J connectivity index is 1.87. The molecule has 0 radical (unpaired) electrons. The van der Waals surface area contributed by atoms with Crippen LogP contribution in [0.1, 0.15) is 32.6 Å². The minimum Gasteiger partial charge on any atom is -0.367 e. The first-order valence-corrected chi connectivity index (χ1v) is 10.2. The van der Waals surface area contributed by atoms with E-state index in [1.54, 1.807) is 18.2 Å². The molecule has 136 valence electrons. The fraction of sp³-hybridized carbons (Fsp3) is 0.474. The molecule has 1 saturated heterocycles. The summed E-state index contributed by atoms with van der Waals surface area (Å²) in [6, 6.07) is 6.56. The minimum atomic E-state index is -3.47. The highest BCUT2D eigenvalue weighted by Crippen LogP contribution is 2.21. The predicted octanol–water partition coefficient (Wildman–Crippen LogP) is 3.37. The molecule has 4 nitrogen and oxygen atoms in total.